The molecule has 9 heteroatoms. The normalized spacial score (nSPS) is 11.8. The molecule has 168 valence electrons. The van der Waals surface area contributed by atoms with E-state index in [1.807, 2.05) is 36.4 Å². The maximum Gasteiger partial charge on any atom is 0.269 e. The minimum atomic E-state index is -4.05. The number of nitrogens with zero attached hydrogens (tertiary/aromatic N) is 2. The van der Waals surface area contributed by atoms with Crippen molar-refractivity contribution in [3.05, 3.63) is 65.9 Å². The third-order valence-corrected chi connectivity index (χ3v) is 7.04. The van der Waals surface area contributed by atoms with E-state index in [0.717, 1.165) is 15.2 Å². The largest absolute Gasteiger partial charge is 0.382 e. The Hall–Kier alpha value is -3.14. The molecular formula is C23H25N3O5S. The molecule has 32 heavy (non-hydrogen) atoms. The molecule has 0 bridgehead atoms. The lowest BCUT2D eigenvalue weighted by Crippen LogP contribution is -2.34. The number of anilines is 1. The molecule has 0 saturated carbocycles. The molecule has 0 amide bonds. The number of hydrogen-bond acceptors (Lipinski definition) is 6. The van der Waals surface area contributed by atoms with Gasteiger partial charge in [-0.3, -0.25) is 0 Å². The highest BCUT2D eigenvalue weighted by atomic mass is 32.2. The Morgan fingerprint density at radius 2 is 1.81 bits per heavy atom. The zero-order chi connectivity index (χ0) is 22.7. The van der Waals surface area contributed by atoms with Crippen LogP contribution in [0.2, 0.25) is 0 Å². The zero-order valence-corrected chi connectivity index (χ0v) is 19.0. The van der Waals surface area contributed by atoms with E-state index in [2.05, 4.69) is 10.1 Å². The van der Waals surface area contributed by atoms with Crippen molar-refractivity contribution in [2.75, 3.05) is 31.4 Å². The SMILES string of the molecule is COCCOCN(c1onc(C)c1C)S(=O)(=O)c1ccccc1-c1cc2ccccc2[nH]1. The van der Waals surface area contributed by atoms with E-state index < -0.39 is 10.0 Å². The molecule has 0 fully saturated rings. The molecule has 0 spiro atoms. The van der Waals surface area contributed by atoms with Crippen molar-refractivity contribution in [1.82, 2.24) is 10.1 Å². The van der Waals surface area contributed by atoms with Crippen LogP contribution in [0.15, 0.2) is 64.0 Å². The van der Waals surface area contributed by atoms with E-state index in [1.165, 1.54) is 0 Å². The molecule has 1 N–H and O–H groups in total. The quantitative estimate of drug-likeness (QED) is 0.299. The number of methoxy groups -OCH3 is 1. The Morgan fingerprint density at radius 1 is 1.06 bits per heavy atom. The Morgan fingerprint density at radius 3 is 2.53 bits per heavy atom. The van der Waals surface area contributed by atoms with Crippen molar-refractivity contribution in [2.45, 2.75) is 18.7 Å². The van der Waals surface area contributed by atoms with Crippen LogP contribution in [-0.2, 0) is 19.5 Å². The van der Waals surface area contributed by atoms with Crippen molar-refractivity contribution >= 4 is 26.8 Å². The van der Waals surface area contributed by atoms with Crippen LogP contribution >= 0.6 is 0 Å². The molecule has 0 aliphatic carbocycles. The Kier molecular flexibility index (Phi) is 6.31. The maximum atomic E-state index is 13.9. The van der Waals surface area contributed by atoms with Crippen molar-refractivity contribution in [3.8, 4) is 11.3 Å². The van der Waals surface area contributed by atoms with Crippen LogP contribution in [-0.4, -0.2) is 45.6 Å². The van der Waals surface area contributed by atoms with Gasteiger partial charge in [-0.2, -0.15) is 0 Å². The molecule has 4 rings (SSSR count). The van der Waals surface area contributed by atoms with E-state index >= 15 is 0 Å². The predicted octanol–water partition coefficient (Wildman–Crippen LogP) is 4.26. The van der Waals surface area contributed by atoms with Crippen molar-refractivity contribution in [1.29, 1.82) is 0 Å². The molecule has 0 radical (unpaired) electrons. The summed E-state index contributed by atoms with van der Waals surface area (Å²) in [5.74, 6) is 0.131. The minimum Gasteiger partial charge on any atom is -0.382 e. The van der Waals surface area contributed by atoms with E-state index in [1.54, 1.807) is 39.2 Å². The van der Waals surface area contributed by atoms with Gasteiger partial charge in [-0.25, -0.2) is 12.7 Å². The molecule has 0 aliphatic heterocycles. The highest BCUT2D eigenvalue weighted by molar-refractivity contribution is 7.93. The smallest absolute Gasteiger partial charge is 0.269 e. The van der Waals surface area contributed by atoms with E-state index in [0.29, 0.717) is 29.1 Å². The monoisotopic (exact) mass is 455 g/mol. The molecule has 0 atom stereocenters. The maximum absolute atomic E-state index is 13.9. The fraction of sp³-hybridized carbons (Fsp3) is 0.261. The number of hydrogen-bond donors (Lipinski definition) is 1. The fourth-order valence-corrected chi connectivity index (χ4v) is 4.96. The van der Waals surface area contributed by atoms with E-state index in [-0.39, 0.29) is 24.1 Å². The van der Waals surface area contributed by atoms with Gasteiger partial charge in [0.2, 0.25) is 5.88 Å². The first-order valence-electron chi connectivity index (χ1n) is 10.1. The van der Waals surface area contributed by atoms with Gasteiger partial charge in [0.05, 0.1) is 23.8 Å². The number of fused-ring (bicyclic) bond motifs is 1. The molecule has 8 nitrogen and oxygen atoms in total. The topological polar surface area (TPSA) is 97.7 Å². The number of nitrogens with one attached hydrogen (secondary N) is 1. The lowest BCUT2D eigenvalue weighted by atomic mass is 10.1. The molecule has 2 aromatic carbocycles. The van der Waals surface area contributed by atoms with Gasteiger partial charge in [0.25, 0.3) is 10.0 Å². The summed E-state index contributed by atoms with van der Waals surface area (Å²) >= 11 is 0. The minimum absolute atomic E-state index is 0.131. The van der Waals surface area contributed by atoms with Crippen LogP contribution in [0.25, 0.3) is 22.2 Å². The molecule has 4 aromatic rings. The van der Waals surface area contributed by atoms with Crippen LogP contribution in [0, 0.1) is 13.8 Å². The average Bonchev–Trinajstić information content (AvgIpc) is 3.37. The Balaban J connectivity index is 1.80. The van der Waals surface area contributed by atoms with Crippen LogP contribution in [0.1, 0.15) is 11.3 Å². The second-order valence-electron chi connectivity index (χ2n) is 7.35. The average molecular weight is 456 g/mol. The number of sulfonamides is 1. The van der Waals surface area contributed by atoms with Gasteiger partial charge in [-0.15, -0.1) is 0 Å². The number of rotatable bonds is 9. The van der Waals surface area contributed by atoms with Gasteiger partial charge in [-0.1, -0.05) is 41.6 Å². The predicted molar refractivity (Wildman–Crippen MR) is 122 cm³/mol. The number of aromatic amines is 1. The fourth-order valence-electron chi connectivity index (χ4n) is 3.41. The Bertz CT molecular complexity index is 1290. The van der Waals surface area contributed by atoms with Gasteiger partial charge in [0.15, 0.2) is 0 Å². The lowest BCUT2D eigenvalue weighted by molar-refractivity contribution is 0.0744. The van der Waals surface area contributed by atoms with Crippen LogP contribution in [0.5, 0.6) is 0 Å². The summed E-state index contributed by atoms with van der Waals surface area (Å²) in [7, 11) is -2.50. The van der Waals surface area contributed by atoms with Crippen LogP contribution in [0.4, 0.5) is 5.88 Å². The standard InChI is InChI=1S/C23H25N3O5S/c1-16-17(2)25-31-23(16)26(15-30-13-12-29-3)32(27,28)22-11-7-5-9-19(22)21-14-18-8-4-6-10-20(18)24-21/h4-11,14,24H,12-13,15H2,1-3H3. The molecular weight excluding hydrogens is 430 g/mol. The summed E-state index contributed by atoms with van der Waals surface area (Å²) in [6.07, 6.45) is 0. The number of para-hydroxylation sites is 1. The van der Waals surface area contributed by atoms with Gasteiger partial charge in [0, 0.05) is 34.8 Å². The van der Waals surface area contributed by atoms with Gasteiger partial charge >= 0.3 is 0 Å². The summed E-state index contributed by atoms with van der Waals surface area (Å²) in [6.45, 7) is 3.87. The Labute approximate surface area is 186 Å². The molecule has 0 aliphatic rings. The highest BCUT2D eigenvalue weighted by Gasteiger charge is 2.32. The van der Waals surface area contributed by atoms with Gasteiger partial charge < -0.3 is 19.0 Å². The summed E-state index contributed by atoms with van der Waals surface area (Å²) in [4.78, 5) is 3.45. The molecule has 0 saturated heterocycles. The number of ether oxygens (including phenoxy) is 2. The second-order valence-corrected chi connectivity index (χ2v) is 9.18. The number of H-pyrrole nitrogens is 1. The first-order valence-corrected chi connectivity index (χ1v) is 11.6. The van der Waals surface area contributed by atoms with Crippen LogP contribution < -0.4 is 4.31 Å². The van der Waals surface area contributed by atoms with Gasteiger partial charge in [0.1, 0.15) is 6.73 Å². The van der Waals surface area contributed by atoms with Crippen molar-refractivity contribution < 1.29 is 22.4 Å². The summed E-state index contributed by atoms with van der Waals surface area (Å²) < 4.78 is 44.8. The van der Waals surface area contributed by atoms with Crippen molar-refractivity contribution in [3.63, 3.8) is 0 Å². The second kappa shape index (κ2) is 9.15. The molecule has 2 heterocycles. The zero-order valence-electron chi connectivity index (χ0n) is 18.2. The van der Waals surface area contributed by atoms with E-state index in [4.69, 9.17) is 14.0 Å². The number of benzene rings is 2. The third kappa shape index (κ3) is 4.14. The van der Waals surface area contributed by atoms with Crippen LogP contribution in [0.3, 0.4) is 0 Å². The summed E-state index contributed by atoms with van der Waals surface area (Å²) in [6, 6.07) is 16.6. The van der Waals surface area contributed by atoms with Crippen molar-refractivity contribution in [2.24, 2.45) is 0 Å². The molecule has 0 unspecified atom stereocenters. The lowest BCUT2D eigenvalue weighted by Gasteiger charge is -2.23. The highest BCUT2D eigenvalue weighted by Crippen LogP contribution is 2.34. The number of aromatic nitrogens is 2. The van der Waals surface area contributed by atoms with Gasteiger partial charge in [-0.05, 0) is 32.0 Å². The first-order chi connectivity index (χ1) is 15.4. The third-order valence-electron chi connectivity index (χ3n) is 5.27. The summed E-state index contributed by atoms with van der Waals surface area (Å²) in [5.41, 5.74) is 3.43. The van der Waals surface area contributed by atoms with E-state index in [9.17, 15) is 8.42 Å². The summed E-state index contributed by atoms with van der Waals surface area (Å²) in [5, 5.41) is 4.93. The molecule has 2 aromatic heterocycles. The first kappa shape index (κ1) is 22.1. The number of aryl methyl sites for hydroxylation is 1.